The van der Waals surface area contributed by atoms with E-state index in [1.54, 1.807) is 26.0 Å². The molecule has 1 spiro atoms. The number of Topliss-reactive ketones (excluding diaryl/α,β-unsaturated/α-hetero) is 1. The van der Waals surface area contributed by atoms with Gasteiger partial charge in [-0.05, 0) is 20.3 Å². The summed E-state index contributed by atoms with van der Waals surface area (Å²) in [7, 11) is 0. The molecule has 9 heteroatoms. The Hall–Kier alpha value is -2.33. The zero-order valence-electron chi connectivity index (χ0n) is 22.5. The topological polar surface area (TPSA) is 121 Å². The maximum atomic E-state index is 12.9. The van der Waals surface area contributed by atoms with Crippen LogP contribution in [0.5, 0.6) is 0 Å². The number of rotatable bonds is 1. The van der Waals surface area contributed by atoms with Crippen LogP contribution in [0.4, 0.5) is 0 Å². The number of ether oxygens (including phenoxy) is 5. The van der Waals surface area contributed by atoms with Crippen molar-refractivity contribution in [1.82, 2.24) is 0 Å². The van der Waals surface area contributed by atoms with Crippen LogP contribution in [0.2, 0.25) is 0 Å². The van der Waals surface area contributed by atoms with Crippen LogP contribution in [0, 0.1) is 23.2 Å². The minimum atomic E-state index is -0.880. The van der Waals surface area contributed by atoms with E-state index in [9.17, 15) is 19.5 Å². The summed E-state index contributed by atoms with van der Waals surface area (Å²) in [5.41, 5.74) is 0.120. The van der Waals surface area contributed by atoms with Gasteiger partial charge in [0.2, 0.25) is 0 Å². The van der Waals surface area contributed by atoms with Gasteiger partial charge in [0.15, 0.2) is 5.78 Å². The molecule has 2 bridgehead atoms. The molecule has 0 radical (unpaired) electrons. The number of hydrogen-bond acceptors (Lipinski definition) is 9. The first-order valence-corrected chi connectivity index (χ1v) is 13.6. The van der Waals surface area contributed by atoms with Gasteiger partial charge in [-0.2, -0.15) is 0 Å². The molecular formula is C29H38O9. The summed E-state index contributed by atoms with van der Waals surface area (Å²) in [6.07, 6.45) is 6.95. The van der Waals surface area contributed by atoms with Crippen LogP contribution in [0.3, 0.4) is 0 Å². The predicted molar refractivity (Wildman–Crippen MR) is 135 cm³/mol. The van der Waals surface area contributed by atoms with Crippen LogP contribution >= 0.6 is 0 Å². The van der Waals surface area contributed by atoms with Crippen LogP contribution in [0.25, 0.3) is 0 Å². The highest BCUT2D eigenvalue weighted by Crippen LogP contribution is 2.68. The van der Waals surface area contributed by atoms with Gasteiger partial charge in [0.05, 0.1) is 37.9 Å². The molecule has 3 aliphatic heterocycles. The van der Waals surface area contributed by atoms with Crippen molar-refractivity contribution in [3.05, 3.63) is 36.0 Å². The molecule has 0 aromatic rings. The lowest BCUT2D eigenvalue weighted by Crippen LogP contribution is -2.60. The number of ketones is 1. The first-order chi connectivity index (χ1) is 18.0. The van der Waals surface area contributed by atoms with E-state index in [1.807, 2.05) is 0 Å². The third-order valence-corrected chi connectivity index (χ3v) is 9.17. The Bertz CT molecular complexity index is 1050. The van der Waals surface area contributed by atoms with Crippen LogP contribution in [-0.4, -0.2) is 78.8 Å². The normalized spacial score (nSPS) is 44.4. The lowest BCUT2D eigenvalue weighted by Gasteiger charge is -2.52. The summed E-state index contributed by atoms with van der Waals surface area (Å²) < 4.78 is 30.0. The number of esters is 2. The van der Waals surface area contributed by atoms with Crippen LogP contribution in [0.1, 0.15) is 47.0 Å². The number of aliphatic hydroxyl groups excluding tert-OH is 1. The number of allylic oxidation sites excluding steroid dienone is 3. The molecule has 1 saturated carbocycles. The Morgan fingerprint density at radius 3 is 2.61 bits per heavy atom. The van der Waals surface area contributed by atoms with Gasteiger partial charge in [0, 0.05) is 35.7 Å². The summed E-state index contributed by atoms with van der Waals surface area (Å²) in [4.78, 5) is 38.3. The summed E-state index contributed by atoms with van der Waals surface area (Å²) >= 11 is 0. The summed E-state index contributed by atoms with van der Waals surface area (Å²) in [5, 5.41) is 10.0. The molecule has 38 heavy (non-hydrogen) atoms. The third-order valence-electron chi connectivity index (χ3n) is 9.17. The van der Waals surface area contributed by atoms with E-state index in [2.05, 4.69) is 19.9 Å². The lowest BCUT2D eigenvalue weighted by atomic mass is 9.57. The van der Waals surface area contributed by atoms with E-state index < -0.39 is 47.2 Å². The molecule has 10 unspecified atom stereocenters. The molecule has 3 heterocycles. The van der Waals surface area contributed by atoms with E-state index in [0.717, 1.165) is 12.0 Å². The van der Waals surface area contributed by atoms with Crippen LogP contribution in [0.15, 0.2) is 36.0 Å². The summed E-state index contributed by atoms with van der Waals surface area (Å²) in [6, 6.07) is 0. The quantitative estimate of drug-likeness (QED) is 0.310. The minimum absolute atomic E-state index is 0.0537. The minimum Gasteiger partial charge on any atom is -0.465 e. The van der Waals surface area contributed by atoms with E-state index in [0.29, 0.717) is 13.0 Å². The maximum Gasteiger partial charge on any atom is 0.331 e. The third kappa shape index (κ3) is 4.78. The van der Waals surface area contributed by atoms with Crippen molar-refractivity contribution in [1.29, 1.82) is 0 Å². The molecule has 3 fully saturated rings. The number of carbonyl (C=O) groups excluding carboxylic acids is 3. The molecule has 208 valence electrons. The van der Waals surface area contributed by atoms with Crippen molar-refractivity contribution in [2.24, 2.45) is 23.2 Å². The molecule has 9 nitrogen and oxygen atoms in total. The van der Waals surface area contributed by atoms with Crippen molar-refractivity contribution in [2.75, 3.05) is 19.8 Å². The molecule has 2 aliphatic carbocycles. The Kier molecular flexibility index (Phi) is 7.41. The fourth-order valence-corrected chi connectivity index (χ4v) is 7.01. The second kappa shape index (κ2) is 10.3. The van der Waals surface area contributed by atoms with Gasteiger partial charge in [-0.3, -0.25) is 9.59 Å². The summed E-state index contributed by atoms with van der Waals surface area (Å²) in [6.45, 7) is 7.86. The van der Waals surface area contributed by atoms with Gasteiger partial charge < -0.3 is 28.8 Å². The van der Waals surface area contributed by atoms with Gasteiger partial charge in [0.25, 0.3) is 0 Å². The first kappa shape index (κ1) is 27.2. The maximum absolute atomic E-state index is 12.9. The van der Waals surface area contributed by atoms with E-state index >= 15 is 0 Å². The number of cyclic esters (lactones) is 1. The van der Waals surface area contributed by atoms with Crippen molar-refractivity contribution < 1.29 is 43.2 Å². The molecular weight excluding hydrogens is 492 g/mol. The second-order valence-electron chi connectivity index (χ2n) is 11.7. The average molecular weight is 531 g/mol. The van der Waals surface area contributed by atoms with E-state index in [4.69, 9.17) is 23.7 Å². The molecule has 0 aromatic carbocycles. The predicted octanol–water partition coefficient (Wildman–Crippen LogP) is 2.46. The number of carbonyl (C=O) groups is 3. The van der Waals surface area contributed by atoms with E-state index in [1.165, 1.54) is 12.2 Å². The van der Waals surface area contributed by atoms with Gasteiger partial charge in [-0.25, -0.2) is 4.79 Å². The van der Waals surface area contributed by atoms with Crippen LogP contribution < -0.4 is 0 Å². The van der Waals surface area contributed by atoms with Crippen LogP contribution in [-0.2, 0) is 38.1 Å². The zero-order chi connectivity index (χ0) is 27.2. The lowest BCUT2D eigenvalue weighted by molar-refractivity contribution is -0.187. The van der Waals surface area contributed by atoms with Gasteiger partial charge >= 0.3 is 11.9 Å². The fourth-order valence-electron chi connectivity index (χ4n) is 7.01. The largest absolute Gasteiger partial charge is 0.465 e. The highest BCUT2D eigenvalue weighted by Gasteiger charge is 2.79. The monoisotopic (exact) mass is 530 g/mol. The Labute approximate surface area is 223 Å². The number of hydrogen-bond donors (Lipinski definition) is 1. The van der Waals surface area contributed by atoms with Gasteiger partial charge in [-0.15, -0.1) is 0 Å². The molecule has 5 rings (SSSR count). The fraction of sp³-hybridized carbons (Fsp3) is 0.690. The molecule has 1 N–H and O–H groups in total. The average Bonchev–Trinajstić information content (AvgIpc) is 3.63. The van der Waals surface area contributed by atoms with Gasteiger partial charge in [0.1, 0.15) is 24.4 Å². The zero-order valence-corrected chi connectivity index (χ0v) is 22.5. The standard InChI is InChI=1S/C29H38O9/c1-16-9-19-13-35-26(33)11-17(2)20(31)14-34-21(18(3)30)7-5-6-8-25(32)38-23-12-24-29(15-36-29)28(23,4)27(19)22(10-16)37-24/h5-8,10,17-19,21-24,27,30H,9,11-15H2,1-4H3. The number of aliphatic hydroxyl groups is 1. The van der Waals surface area contributed by atoms with Crippen molar-refractivity contribution in [3.63, 3.8) is 0 Å². The highest BCUT2D eigenvalue weighted by molar-refractivity contribution is 5.86. The highest BCUT2D eigenvalue weighted by atomic mass is 16.6. The summed E-state index contributed by atoms with van der Waals surface area (Å²) in [5.74, 6) is -1.91. The van der Waals surface area contributed by atoms with Gasteiger partial charge in [-0.1, -0.05) is 43.7 Å². The molecule has 5 aliphatic rings. The molecule has 0 amide bonds. The van der Waals surface area contributed by atoms with Crippen molar-refractivity contribution in [3.8, 4) is 0 Å². The van der Waals surface area contributed by atoms with Crippen molar-refractivity contribution in [2.45, 2.75) is 83.1 Å². The Morgan fingerprint density at radius 1 is 1.13 bits per heavy atom. The second-order valence-corrected chi connectivity index (χ2v) is 11.7. The Balaban J connectivity index is 1.45. The first-order valence-electron chi connectivity index (χ1n) is 13.6. The van der Waals surface area contributed by atoms with Crippen molar-refractivity contribution >= 4 is 17.7 Å². The Morgan fingerprint density at radius 2 is 1.89 bits per heavy atom. The molecule has 0 aromatic heterocycles. The van der Waals surface area contributed by atoms with E-state index in [-0.39, 0.29) is 49.5 Å². The molecule has 2 saturated heterocycles. The molecule has 10 atom stereocenters. The number of epoxide rings is 1. The SMILES string of the molecule is CC1=CC2OC3CC4OC(=O)C=CC=CC(C(C)O)OCC(=O)C(C)CC(=O)OCC(C1)C2C4(C)C31CO1. The smallest absolute Gasteiger partial charge is 0.331 e.